The normalized spacial score (nSPS) is 34.3. The molecule has 9 nitrogen and oxygen atoms in total. The number of hydrogen-bond acceptors (Lipinski definition) is 9. The molecule has 0 radical (unpaired) electrons. The lowest BCUT2D eigenvalue weighted by molar-refractivity contribution is -0.295. The molecule has 1 rings (SSSR count). The summed E-state index contributed by atoms with van der Waals surface area (Å²) >= 11 is 0. The molecule has 122 valence electrons. The van der Waals surface area contributed by atoms with Crippen molar-refractivity contribution in [1.29, 1.82) is 0 Å². The van der Waals surface area contributed by atoms with Gasteiger partial charge in [-0.25, -0.2) is 4.79 Å². The van der Waals surface area contributed by atoms with E-state index in [4.69, 9.17) is 19.3 Å². The van der Waals surface area contributed by atoms with Crippen LogP contribution in [0.15, 0.2) is 12.2 Å². The number of carbonyl (C=O) groups is 1. The summed E-state index contributed by atoms with van der Waals surface area (Å²) in [6, 6.07) is 0. The fourth-order valence-electron chi connectivity index (χ4n) is 1.75. The molecule has 1 aliphatic heterocycles. The molecule has 1 fully saturated rings. The van der Waals surface area contributed by atoms with Gasteiger partial charge in [0.1, 0.15) is 37.1 Å². The summed E-state index contributed by atoms with van der Waals surface area (Å²) in [6.07, 6.45) is -8.22. The van der Waals surface area contributed by atoms with Gasteiger partial charge in [0.15, 0.2) is 6.29 Å². The van der Waals surface area contributed by atoms with Crippen LogP contribution < -0.4 is 0 Å². The van der Waals surface area contributed by atoms with E-state index >= 15 is 0 Å². The van der Waals surface area contributed by atoms with Gasteiger partial charge in [0.25, 0.3) is 0 Å². The summed E-state index contributed by atoms with van der Waals surface area (Å²) in [5.74, 6) is -0.984. The molecular weight excluding hydrogens is 288 g/mol. The third-order valence-corrected chi connectivity index (χ3v) is 3.12. The maximum atomic E-state index is 11.5. The molecule has 0 amide bonds. The van der Waals surface area contributed by atoms with Gasteiger partial charge in [-0.1, -0.05) is 6.58 Å². The van der Waals surface area contributed by atoms with E-state index < -0.39 is 56.0 Å². The minimum absolute atomic E-state index is 0.355. The predicted octanol–water partition coefficient (Wildman–Crippen LogP) is -3.11. The lowest BCUT2D eigenvalue weighted by atomic mass is 9.99. The molecule has 0 saturated carbocycles. The molecule has 1 aliphatic rings. The maximum Gasteiger partial charge on any atom is 0.336 e. The summed E-state index contributed by atoms with van der Waals surface area (Å²) in [5, 5.41) is 46.8. The molecule has 0 aliphatic carbocycles. The fourth-order valence-corrected chi connectivity index (χ4v) is 1.75. The van der Waals surface area contributed by atoms with Crippen LogP contribution in [0.1, 0.15) is 0 Å². The molecule has 6 atom stereocenters. The average Bonchev–Trinajstić information content (AvgIpc) is 2.50. The van der Waals surface area contributed by atoms with Gasteiger partial charge in [-0.15, -0.1) is 0 Å². The number of aliphatic hydroxyl groups is 5. The Kier molecular flexibility index (Phi) is 6.68. The first-order chi connectivity index (χ1) is 9.83. The molecule has 0 aromatic heterocycles. The van der Waals surface area contributed by atoms with Crippen molar-refractivity contribution in [3.8, 4) is 0 Å². The van der Waals surface area contributed by atoms with Crippen molar-refractivity contribution in [2.24, 2.45) is 0 Å². The van der Waals surface area contributed by atoms with Gasteiger partial charge in [-0.3, -0.25) is 0 Å². The number of hydrogen-bond donors (Lipinski definition) is 5. The number of ether oxygens (including phenoxy) is 3. The predicted molar refractivity (Wildman–Crippen MR) is 66.9 cm³/mol. The first-order valence-electron chi connectivity index (χ1n) is 6.20. The smallest absolute Gasteiger partial charge is 0.336 e. The van der Waals surface area contributed by atoms with Crippen LogP contribution in [0.2, 0.25) is 0 Å². The van der Waals surface area contributed by atoms with E-state index in [9.17, 15) is 25.2 Å². The van der Waals surface area contributed by atoms with Crippen LogP contribution in [0.5, 0.6) is 0 Å². The molecule has 0 unspecified atom stereocenters. The Morgan fingerprint density at radius 1 is 1.29 bits per heavy atom. The summed E-state index contributed by atoms with van der Waals surface area (Å²) in [4.78, 5) is 11.5. The summed E-state index contributed by atoms with van der Waals surface area (Å²) in [7, 11) is 1.24. The van der Waals surface area contributed by atoms with Crippen molar-refractivity contribution in [1.82, 2.24) is 0 Å². The van der Waals surface area contributed by atoms with Crippen LogP contribution in [0, 0.1) is 0 Å². The van der Waals surface area contributed by atoms with E-state index in [0.717, 1.165) is 0 Å². The minimum atomic E-state index is -1.53. The van der Waals surface area contributed by atoms with Gasteiger partial charge in [0.2, 0.25) is 0 Å². The molecule has 0 spiro atoms. The van der Waals surface area contributed by atoms with Crippen LogP contribution in [0.3, 0.4) is 0 Å². The lowest BCUT2D eigenvalue weighted by Crippen LogP contribution is -2.59. The third kappa shape index (κ3) is 4.20. The van der Waals surface area contributed by atoms with Crippen molar-refractivity contribution in [3.63, 3.8) is 0 Å². The van der Waals surface area contributed by atoms with Crippen molar-refractivity contribution in [2.75, 3.05) is 20.3 Å². The number of methoxy groups -OCH3 is 1. The highest BCUT2D eigenvalue weighted by molar-refractivity contribution is 5.88. The van der Waals surface area contributed by atoms with Crippen molar-refractivity contribution >= 4 is 5.97 Å². The van der Waals surface area contributed by atoms with Gasteiger partial charge >= 0.3 is 5.97 Å². The Hall–Kier alpha value is -1.07. The van der Waals surface area contributed by atoms with Crippen LogP contribution >= 0.6 is 0 Å². The van der Waals surface area contributed by atoms with E-state index in [1.807, 2.05) is 0 Å². The molecule has 0 bridgehead atoms. The zero-order valence-corrected chi connectivity index (χ0v) is 11.5. The molecule has 9 heteroatoms. The van der Waals surface area contributed by atoms with Gasteiger partial charge in [0.05, 0.1) is 12.2 Å². The monoisotopic (exact) mass is 308 g/mol. The molecular formula is C12H20O9. The molecule has 21 heavy (non-hydrogen) atoms. The summed E-state index contributed by atoms with van der Waals surface area (Å²) in [5.41, 5.74) is -0.355. The van der Waals surface area contributed by atoms with Crippen LogP contribution in [-0.2, 0) is 19.0 Å². The van der Waals surface area contributed by atoms with Gasteiger partial charge in [-0.05, 0) is 0 Å². The van der Waals surface area contributed by atoms with E-state index in [0.29, 0.717) is 0 Å². The Labute approximate surface area is 121 Å². The standard InChI is InChI=1S/C12H20O9/c1-5(6(14)3-13)11(18)20-4-7-8(15)9(16)10(17)12(19-2)21-7/h6-10,12-17H,1,3-4H2,2H3/t6-,7+,8+,9-,10+,12+/m0/s1. The Morgan fingerprint density at radius 2 is 1.90 bits per heavy atom. The highest BCUT2D eigenvalue weighted by Crippen LogP contribution is 2.22. The van der Waals surface area contributed by atoms with Crippen molar-refractivity contribution in [3.05, 3.63) is 12.2 Å². The zero-order chi connectivity index (χ0) is 16.2. The summed E-state index contributed by atoms with van der Waals surface area (Å²) < 4.78 is 14.7. The number of aliphatic hydroxyl groups excluding tert-OH is 5. The SMILES string of the molecule is C=C(C(=O)OC[C@H]1O[C@@H](OC)[C@H](O)[C@@H](O)[C@@H]1O)[C@@H](O)CO. The van der Waals surface area contributed by atoms with Crippen molar-refractivity contribution < 1.29 is 44.5 Å². The molecule has 5 N–H and O–H groups in total. The highest BCUT2D eigenvalue weighted by Gasteiger charge is 2.44. The second-order valence-corrected chi connectivity index (χ2v) is 4.57. The van der Waals surface area contributed by atoms with Crippen LogP contribution in [0.4, 0.5) is 0 Å². The van der Waals surface area contributed by atoms with E-state index in [1.54, 1.807) is 0 Å². The molecule has 1 saturated heterocycles. The first-order valence-corrected chi connectivity index (χ1v) is 6.20. The fraction of sp³-hybridized carbons (Fsp3) is 0.750. The Bertz CT molecular complexity index is 370. The minimum Gasteiger partial charge on any atom is -0.459 e. The van der Waals surface area contributed by atoms with Gasteiger partial charge in [-0.2, -0.15) is 0 Å². The number of rotatable bonds is 6. The average molecular weight is 308 g/mol. The lowest BCUT2D eigenvalue weighted by Gasteiger charge is -2.39. The molecule has 0 aromatic carbocycles. The Balaban J connectivity index is 2.58. The highest BCUT2D eigenvalue weighted by atomic mass is 16.7. The second-order valence-electron chi connectivity index (χ2n) is 4.57. The van der Waals surface area contributed by atoms with Gasteiger partial charge in [0, 0.05) is 7.11 Å². The van der Waals surface area contributed by atoms with E-state index in [2.05, 4.69) is 6.58 Å². The van der Waals surface area contributed by atoms with E-state index in [-0.39, 0.29) is 5.57 Å². The maximum absolute atomic E-state index is 11.5. The van der Waals surface area contributed by atoms with Crippen LogP contribution in [-0.4, -0.2) is 88.6 Å². The largest absolute Gasteiger partial charge is 0.459 e. The molecule has 1 heterocycles. The Morgan fingerprint density at radius 3 is 2.43 bits per heavy atom. The first kappa shape index (κ1) is 18.0. The van der Waals surface area contributed by atoms with Gasteiger partial charge < -0.3 is 39.7 Å². The zero-order valence-electron chi connectivity index (χ0n) is 11.5. The van der Waals surface area contributed by atoms with Crippen LogP contribution in [0.25, 0.3) is 0 Å². The quantitative estimate of drug-likeness (QED) is 0.254. The third-order valence-electron chi connectivity index (χ3n) is 3.12. The van der Waals surface area contributed by atoms with E-state index in [1.165, 1.54) is 7.11 Å². The topological polar surface area (TPSA) is 146 Å². The number of carbonyl (C=O) groups excluding carboxylic acids is 1. The number of esters is 1. The summed E-state index contributed by atoms with van der Waals surface area (Å²) in [6.45, 7) is 2.12. The van der Waals surface area contributed by atoms with Crippen molar-refractivity contribution in [2.45, 2.75) is 36.8 Å². The second kappa shape index (κ2) is 7.80. The molecule has 0 aromatic rings.